The lowest BCUT2D eigenvalue weighted by atomic mass is 9.95. The second kappa shape index (κ2) is 7.42. The highest BCUT2D eigenvalue weighted by molar-refractivity contribution is 5.79. The zero-order valence-electron chi connectivity index (χ0n) is 14.6. The number of hydrogen-bond acceptors (Lipinski definition) is 6. The van der Waals surface area contributed by atoms with Crippen LogP contribution in [0.4, 0.5) is 14.7 Å². The summed E-state index contributed by atoms with van der Waals surface area (Å²) in [5.41, 5.74) is 0.581. The van der Waals surface area contributed by atoms with Crippen molar-refractivity contribution < 1.29 is 18.3 Å². The van der Waals surface area contributed by atoms with Crippen molar-refractivity contribution in [3.63, 3.8) is 0 Å². The highest BCUT2D eigenvalue weighted by Crippen LogP contribution is 2.28. The number of carbonyl (C=O) groups is 1. The summed E-state index contributed by atoms with van der Waals surface area (Å²) in [6, 6.07) is 0. The fraction of sp³-hybridized carbons (Fsp3) is 0.444. The van der Waals surface area contributed by atoms with Gasteiger partial charge in [0.05, 0.1) is 31.7 Å². The van der Waals surface area contributed by atoms with E-state index in [2.05, 4.69) is 15.0 Å². The number of piperidine rings is 1. The van der Waals surface area contributed by atoms with Crippen LogP contribution in [-0.2, 0) is 11.3 Å². The summed E-state index contributed by atoms with van der Waals surface area (Å²) in [5.74, 6) is -0.405. The summed E-state index contributed by atoms with van der Waals surface area (Å²) < 4.78 is 32.3. The van der Waals surface area contributed by atoms with Gasteiger partial charge in [0.25, 0.3) is 0 Å². The Morgan fingerprint density at radius 1 is 1.07 bits per heavy atom. The van der Waals surface area contributed by atoms with Crippen molar-refractivity contribution in [1.82, 2.24) is 19.9 Å². The lowest BCUT2D eigenvalue weighted by Gasteiger charge is -2.33. The van der Waals surface area contributed by atoms with Crippen LogP contribution >= 0.6 is 0 Å². The van der Waals surface area contributed by atoms with Gasteiger partial charge >= 0.3 is 0 Å². The van der Waals surface area contributed by atoms with Gasteiger partial charge in [-0.3, -0.25) is 9.78 Å². The van der Waals surface area contributed by atoms with E-state index < -0.39 is 11.6 Å². The maximum absolute atomic E-state index is 13.8. The van der Waals surface area contributed by atoms with Gasteiger partial charge in [-0.25, -0.2) is 18.7 Å². The van der Waals surface area contributed by atoms with Crippen LogP contribution in [-0.4, -0.2) is 52.0 Å². The number of carbonyl (C=O) groups excluding carboxylic acids is 1. The van der Waals surface area contributed by atoms with Gasteiger partial charge < -0.3 is 14.5 Å². The molecule has 4 heterocycles. The third-order valence-electron chi connectivity index (χ3n) is 4.94. The van der Waals surface area contributed by atoms with Crippen molar-refractivity contribution >= 4 is 11.9 Å². The van der Waals surface area contributed by atoms with Gasteiger partial charge in [-0.2, -0.15) is 0 Å². The molecule has 7 nitrogen and oxygen atoms in total. The van der Waals surface area contributed by atoms with E-state index in [0.717, 1.165) is 18.6 Å². The summed E-state index contributed by atoms with van der Waals surface area (Å²) in [6.45, 7) is 2.20. The molecule has 1 saturated heterocycles. The smallest absolute Gasteiger partial charge is 0.226 e. The molecule has 1 amide bonds. The molecule has 2 aromatic rings. The van der Waals surface area contributed by atoms with Crippen LogP contribution in [0.2, 0.25) is 0 Å². The number of nitrogens with zero attached hydrogens (tertiary/aromatic N) is 5. The van der Waals surface area contributed by atoms with E-state index in [1.54, 1.807) is 11.1 Å². The number of halogens is 2. The summed E-state index contributed by atoms with van der Waals surface area (Å²) in [7, 11) is 0. The predicted octanol–water partition coefficient (Wildman–Crippen LogP) is 1.79. The molecule has 1 fully saturated rings. The highest BCUT2D eigenvalue weighted by atomic mass is 19.1. The number of rotatable bonds is 2. The Balaban J connectivity index is 1.40. The summed E-state index contributed by atoms with van der Waals surface area (Å²) in [4.78, 5) is 28.4. The molecule has 0 N–H and O–H groups in total. The fourth-order valence-corrected chi connectivity index (χ4v) is 3.52. The van der Waals surface area contributed by atoms with E-state index in [1.165, 1.54) is 0 Å². The van der Waals surface area contributed by atoms with Crippen LogP contribution in [0.5, 0.6) is 5.75 Å². The molecule has 4 rings (SSSR count). The molecule has 9 heteroatoms. The molecule has 0 atom stereocenters. The standard InChI is InChI=1S/C18H19F2N5O2/c19-14-8-22-18(23-9-14)24-3-1-12(2-4-24)17(26)25-5-6-27-16-13(11-25)7-21-10-15(16)20/h7-10,12H,1-6,11H2. The van der Waals surface area contributed by atoms with E-state index in [1.807, 2.05) is 4.90 Å². The minimum Gasteiger partial charge on any atom is -0.488 e. The largest absolute Gasteiger partial charge is 0.488 e. The Labute approximate surface area is 155 Å². The van der Waals surface area contributed by atoms with Gasteiger partial charge in [0.2, 0.25) is 11.9 Å². The van der Waals surface area contributed by atoms with Gasteiger partial charge in [0.1, 0.15) is 6.61 Å². The van der Waals surface area contributed by atoms with Crippen LogP contribution < -0.4 is 9.64 Å². The number of pyridine rings is 1. The molecule has 0 aliphatic carbocycles. The molecule has 0 spiro atoms. The van der Waals surface area contributed by atoms with Crippen LogP contribution in [0.15, 0.2) is 24.8 Å². The fourth-order valence-electron chi connectivity index (χ4n) is 3.52. The van der Waals surface area contributed by atoms with Gasteiger partial charge in [-0.15, -0.1) is 0 Å². The van der Waals surface area contributed by atoms with Crippen molar-refractivity contribution in [2.75, 3.05) is 31.1 Å². The van der Waals surface area contributed by atoms with Crippen molar-refractivity contribution in [2.24, 2.45) is 5.92 Å². The zero-order chi connectivity index (χ0) is 18.8. The molecule has 2 aliphatic heterocycles. The first kappa shape index (κ1) is 17.6. The van der Waals surface area contributed by atoms with Crippen LogP contribution in [0.1, 0.15) is 18.4 Å². The van der Waals surface area contributed by atoms with Crippen LogP contribution in [0.3, 0.4) is 0 Å². The molecule has 0 aromatic carbocycles. The van der Waals surface area contributed by atoms with E-state index in [-0.39, 0.29) is 24.2 Å². The summed E-state index contributed by atoms with van der Waals surface area (Å²) >= 11 is 0. The maximum atomic E-state index is 13.8. The second-order valence-electron chi connectivity index (χ2n) is 6.68. The minimum absolute atomic E-state index is 0.0374. The molecule has 2 aromatic heterocycles. The molecule has 0 unspecified atom stereocenters. The SMILES string of the molecule is O=C(C1CCN(c2ncc(F)cn2)CC1)N1CCOc2c(F)cncc2C1. The predicted molar refractivity (Wildman–Crippen MR) is 92.0 cm³/mol. The van der Waals surface area contributed by atoms with Gasteiger partial charge in [0.15, 0.2) is 17.4 Å². The van der Waals surface area contributed by atoms with Gasteiger partial charge in [-0.05, 0) is 12.8 Å². The van der Waals surface area contributed by atoms with Gasteiger partial charge in [-0.1, -0.05) is 0 Å². The third kappa shape index (κ3) is 3.67. The van der Waals surface area contributed by atoms with Crippen molar-refractivity contribution in [1.29, 1.82) is 0 Å². The van der Waals surface area contributed by atoms with E-state index >= 15 is 0 Å². The van der Waals surface area contributed by atoms with Crippen molar-refractivity contribution in [3.8, 4) is 5.75 Å². The molecule has 0 saturated carbocycles. The summed E-state index contributed by atoms with van der Waals surface area (Å²) in [5, 5.41) is 0. The first-order chi connectivity index (χ1) is 13.1. The van der Waals surface area contributed by atoms with E-state index in [9.17, 15) is 13.6 Å². The minimum atomic E-state index is -0.505. The quantitative estimate of drug-likeness (QED) is 0.797. The average molecular weight is 375 g/mol. The van der Waals surface area contributed by atoms with Crippen molar-refractivity contribution in [2.45, 2.75) is 19.4 Å². The lowest BCUT2D eigenvalue weighted by Crippen LogP contribution is -2.43. The summed E-state index contributed by atoms with van der Waals surface area (Å²) in [6.07, 6.45) is 6.25. The zero-order valence-corrected chi connectivity index (χ0v) is 14.6. The molecule has 27 heavy (non-hydrogen) atoms. The number of hydrogen-bond donors (Lipinski definition) is 0. The van der Waals surface area contributed by atoms with E-state index in [4.69, 9.17) is 4.74 Å². The van der Waals surface area contributed by atoms with Crippen molar-refractivity contribution in [3.05, 3.63) is 42.0 Å². The number of aromatic nitrogens is 3. The molecular weight excluding hydrogens is 356 g/mol. The topological polar surface area (TPSA) is 71.5 Å². The molecule has 0 radical (unpaired) electrons. The first-order valence-corrected chi connectivity index (χ1v) is 8.88. The Morgan fingerprint density at radius 3 is 2.56 bits per heavy atom. The number of ether oxygens (including phenoxy) is 1. The monoisotopic (exact) mass is 375 g/mol. The Morgan fingerprint density at radius 2 is 1.81 bits per heavy atom. The average Bonchev–Trinajstić information content (AvgIpc) is 2.92. The number of anilines is 1. The molecule has 142 valence electrons. The number of fused-ring (bicyclic) bond motifs is 1. The first-order valence-electron chi connectivity index (χ1n) is 8.88. The lowest BCUT2D eigenvalue weighted by molar-refractivity contribution is -0.137. The molecule has 2 aliphatic rings. The third-order valence-corrected chi connectivity index (χ3v) is 4.94. The highest BCUT2D eigenvalue weighted by Gasteiger charge is 2.31. The Hall–Kier alpha value is -2.84. The van der Waals surface area contributed by atoms with Gasteiger partial charge in [0, 0.05) is 30.8 Å². The number of amides is 1. The van der Waals surface area contributed by atoms with Crippen LogP contribution in [0.25, 0.3) is 0 Å². The Kier molecular flexibility index (Phi) is 4.83. The maximum Gasteiger partial charge on any atom is 0.226 e. The Bertz CT molecular complexity index is 825. The van der Waals surface area contributed by atoms with E-state index in [0.29, 0.717) is 50.5 Å². The second-order valence-corrected chi connectivity index (χ2v) is 6.68. The normalized spacial score (nSPS) is 17.9. The molecule has 0 bridgehead atoms. The van der Waals surface area contributed by atoms with Crippen LogP contribution in [0, 0.1) is 17.6 Å². The molecular formula is C18H19F2N5O2.